The number of hydrogen-bond acceptors (Lipinski definition) is 5. The van der Waals surface area contributed by atoms with Crippen molar-refractivity contribution >= 4 is 11.6 Å². The number of methoxy groups -OCH3 is 1. The zero-order valence-corrected chi connectivity index (χ0v) is 14.2. The summed E-state index contributed by atoms with van der Waals surface area (Å²) in [6, 6.07) is 8.64. The number of nitrogens with one attached hydrogen (secondary N) is 1. The Morgan fingerprint density at radius 1 is 1.30 bits per heavy atom. The van der Waals surface area contributed by atoms with Gasteiger partial charge in [-0.15, -0.1) is 0 Å². The summed E-state index contributed by atoms with van der Waals surface area (Å²) in [6.07, 6.45) is 0. The number of amides is 1. The van der Waals surface area contributed by atoms with Gasteiger partial charge in [-0.25, -0.2) is 0 Å². The number of hydrogen-bond donors (Lipinski definition) is 1. The summed E-state index contributed by atoms with van der Waals surface area (Å²) < 4.78 is 10.3. The lowest BCUT2D eigenvalue weighted by Crippen LogP contribution is -2.44. The molecular weight excluding hydrogens is 294 g/mol. The standard InChI is InChI=1S/C17H27N3O3/c1-19(2)15-6-4-14(5-7-15)16(12-18-17(21)13-22-3)20-8-10-23-11-9-20/h4-7,16H,8-13H2,1-3H3,(H,18,21). The molecule has 1 aromatic carbocycles. The molecule has 1 N–H and O–H groups in total. The molecule has 23 heavy (non-hydrogen) atoms. The van der Waals surface area contributed by atoms with Gasteiger partial charge in [0.25, 0.3) is 0 Å². The first-order chi connectivity index (χ1) is 11.1. The summed E-state index contributed by atoms with van der Waals surface area (Å²) in [7, 11) is 5.58. The Balaban J connectivity index is 2.09. The Hall–Kier alpha value is -1.63. The van der Waals surface area contributed by atoms with Crippen LogP contribution in [0.3, 0.4) is 0 Å². The summed E-state index contributed by atoms with van der Waals surface area (Å²) >= 11 is 0. The molecule has 1 saturated heterocycles. The van der Waals surface area contributed by atoms with Crippen LogP contribution in [0, 0.1) is 0 Å². The average Bonchev–Trinajstić information content (AvgIpc) is 2.57. The van der Waals surface area contributed by atoms with E-state index in [1.807, 2.05) is 14.1 Å². The zero-order valence-electron chi connectivity index (χ0n) is 14.2. The molecule has 0 radical (unpaired) electrons. The second-order valence-electron chi connectivity index (χ2n) is 5.89. The molecule has 1 aliphatic heterocycles. The van der Waals surface area contributed by atoms with Crippen molar-refractivity contribution in [3.63, 3.8) is 0 Å². The second kappa shape index (κ2) is 8.86. The van der Waals surface area contributed by atoms with Crippen molar-refractivity contribution in [3.05, 3.63) is 29.8 Å². The van der Waals surface area contributed by atoms with E-state index < -0.39 is 0 Å². The zero-order chi connectivity index (χ0) is 16.7. The Morgan fingerprint density at radius 2 is 1.96 bits per heavy atom. The van der Waals surface area contributed by atoms with E-state index in [2.05, 4.69) is 39.4 Å². The molecule has 6 nitrogen and oxygen atoms in total. The van der Waals surface area contributed by atoms with Crippen LogP contribution in [0.15, 0.2) is 24.3 Å². The number of carbonyl (C=O) groups is 1. The fourth-order valence-electron chi connectivity index (χ4n) is 2.73. The number of rotatable bonds is 7. The Bertz CT molecular complexity index is 484. The summed E-state index contributed by atoms with van der Waals surface area (Å²) in [5.74, 6) is -0.0873. The van der Waals surface area contributed by atoms with Crippen LogP contribution in [0.5, 0.6) is 0 Å². The van der Waals surface area contributed by atoms with Crippen LogP contribution in [0.4, 0.5) is 5.69 Å². The first-order valence-electron chi connectivity index (χ1n) is 7.96. The van der Waals surface area contributed by atoms with Crippen LogP contribution in [-0.2, 0) is 14.3 Å². The molecule has 0 aromatic heterocycles. The van der Waals surface area contributed by atoms with E-state index in [0.717, 1.165) is 32.0 Å². The Labute approximate surface area is 138 Å². The molecule has 6 heteroatoms. The van der Waals surface area contributed by atoms with Crippen molar-refractivity contribution in [2.24, 2.45) is 0 Å². The normalized spacial score (nSPS) is 16.8. The number of morpholine rings is 1. The highest BCUT2D eigenvalue weighted by Gasteiger charge is 2.23. The molecule has 1 aliphatic rings. The van der Waals surface area contributed by atoms with E-state index in [0.29, 0.717) is 6.54 Å². The molecule has 2 rings (SSSR count). The minimum Gasteiger partial charge on any atom is -0.379 e. The van der Waals surface area contributed by atoms with E-state index in [4.69, 9.17) is 9.47 Å². The topological polar surface area (TPSA) is 54.0 Å². The van der Waals surface area contributed by atoms with Gasteiger partial charge in [-0.05, 0) is 17.7 Å². The summed E-state index contributed by atoms with van der Waals surface area (Å²) in [5.41, 5.74) is 2.37. The lowest BCUT2D eigenvalue weighted by atomic mass is 10.0. The maximum Gasteiger partial charge on any atom is 0.246 e. The third kappa shape index (κ3) is 5.20. The van der Waals surface area contributed by atoms with Crippen molar-refractivity contribution in [1.82, 2.24) is 10.2 Å². The van der Waals surface area contributed by atoms with E-state index in [9.17, 15) is 4.79 Å². The van der Waals surface area contributed by atoms with Crippen molar-refractivity contribution in [1.29, 1.82) is 0 Å². The molecule has 1 amide bonds. The maximum absolute atomic E-state index is 11.7. The predicted octanol–water partition coefficient (Wildman–Crippen LogP) is 0.889. The van der Waals surface area contributed by atoms with Crippen molar-refractivity contribution in [2.75, 3.05) is 65.6 Å². The summed E-state index contributed by atoms with van der Waals surface area (Å²) in [4.78, 5) is 16.2. The minimum absolute atomic E-state index is 0.0873. The van der Waals surface area contributed by atoms with Crippen LogP contribution >= 0.6 is 0 Å². The highest BCUT2D eigenvalue weighted by molar-refractivity contribution is 5.77. The van der Waals surface area contributed by atoms with E-state index in [-0.39, 0.29) is 18.6 Å². The molecular formula is C17H27N3O3. The minimum atomic E-state index is -0.0873. The fourth-order valence-corrected chi connectivity index (χ4v) is 2.73. The number of nitrogens with zero attached hydrogens (tertiary/aromatic N) is 2. The summed E-state index contributed by atoms with van der Waals surface area (Å²) in [5, 5.41) is 2.96. The number of benzene rings is 1. The molecule has 0 saturated carbocycles. The Morgan fingerprint density at radius 3 is 2.52 bits per heavy atom. The Kier molecular flexibility index (Phi) is 6.83. The average molecular weight is 321 g/mol. The van der Waals surface area contributed by atoms with Gasteiger partial charge in [0, 0.05) is 46.5 Å². The van der Waals surface area contributed by atoms with Crippen LogP contribution < -0.4 is 10.2 Å². The molecule has 0 bridgehead atoms. The van der Waals surface area contributed by atoms with Crippen LogP contribution in [-0.4, -0.2) is 71.5 Å². The smallest absolute Gasteiger partial charge is 0.246 e. The van der Waals surface area contributed by atoms with E-state index in [1.165, 1.54) is 12.7 Å². The van der Waals surface area contributed by atoms with Gasteiger partial charge in [-0.2, -0.15) is 0 Å². The molecule has 0 aliphatic carbocycles. The third-order valence-corrected chi connectivity index (χ3v) is 4.05. The lowest BCUT2D eigenvalue weighted by molar-refractivity contribution is -0.125. The van der Waals surface area contributed by atoms with Gasteiger partial charge in [0.1, 0.15) is 6.61 Å². The van der Waals surface area contributed by atoms with Gasteiger partial charge in [0.15, 0.2) is 0 Å². The highest BCUT2D eigenvalue weighted by atomic mass is 16.5. The predicted molar refractivity (Wildman–Crippen MR) is 90.8 cm³/mol. The quantitative estimate of drug-likeness (QED) is 0.808. The maximum atomic E-state index is 11.7. The monoisotopic (exact) mass is 321 g/mol. The van der Waals surface area contributed by atoms with Crippen LogP contribution in [0.1, 0.15) is 11.6 Å². The fraction of sp³-hybridized carbons (Fsp3) is 0.588. The first kappa shape index (κ1) is 17.7. The van der Waals surface area contributed by atoms with Crippen LogP contribution in [0.2, 0.25) is 0 Å². The molecule has 128 valence electrons. The molecule has 0 spiro atoms. The number of anilines is 1. The summed E-state index contributed by atoms with van der Waals surface area (Å²) in [6.45, 7) is 3.88. The van der Waals surface area contributed by atoms with Gasteiger partial charge in [0.2, 0.25) is 5.91 Å². The molecule has 1 unspecified atom stereocenters. The van der Waals surface area contributed by atoms with Gasteiger partial charge in [0.05, 0.1) is 19.3 Å². The van der Waals surface area contributed by atoms with Crippen molar-refractivity contribution in [2.45, 2.75) is 6.04 Å². The van der Waals surface area contributed by atoms with E-state index in [1.54, 1.807) is 0 Å². The van der Waals surface area contributed by atoms with E-state index >= 15 is 0 Å². The van der Waals surface area contributed by atoms with Crippen molar-refractivity contribution in [3.8, 4) is 0 Å². The highest BCUT2D eigenvalue weighted by Crippen LogP contribution is 2.23. The molecule has 1 atom stereocenters. The first-order valence-corrected chi connectivity index (χ1v) is 7.96. The van der Waals surface area contributed by atoms with Gasteiger partial charge >= 0.3 is 0 Å². The van der Waals surface area contributed by atoms with Crippen LogP contribution in [0.25, 0.3) is 0 Å². The second-order valence-corrected chi connectivity index (χ2v) is 5.89. The molecule has 1 heterocycles. The largest absolute Gasteiger partial charge is 0.379 e. The number of carbonyl (C=O) groups excluding carboxylic acids is 1. The van der Waals surface area contributed by atoms with Gasteiger partial charge in [-0.1, -0.05) is 12.1 Å². The third-order valence-electron chi connectivity index (χ3n) is 4.05. The lowest BCUT2D eigenvalue weighted by Gasteiger charge is -2.35. The van der Waals surface area contributed by atoms with Gasteiger partial charge < -0.3 is 19.7 Å². The van der Waals surface area contributed by atoms with Gasteiger partial charge in [-0.3, -0.25) is 9.69 Å². The molecule has 1 fully saturated rings. The number of ether oxygens (including phenoxy) is 2. The SMILES string of the molecule is COCC(=O)NCC(c1ccc(N(C)C)cc1)N1CCOCC1. The van der Waals surface area contributed by atoms with Crippen molar-refractivity contribution < 1.29 is 14.3 Å². The molecule has 1 aromatic rings.